The summed E-state index contributed by atoms with van der Waals surface area (Å²) in [6, 6.07) is 5.14. The van der Waals surface area contributed by atoms with Gasteiger partial charge in [-0.15, -0.1) is 0 Å². The first-order valence-electron chi connectivity index (χ1n) is 5.20. The lowest BCUT2D eigenvalue weighted by Gasteiger charge is -2.10. The fraction of sp³-hybridized carbons (Fsp3) is 0.167. The molecule has 2 aromatic rings. The zero-order valence-electron chi connectivity index (χ0n) is 9.76. The molecule has 1 aromatic heterocycles. The molecule has 0 spiro atoms. The molecular weight excluding hydrogens is 293 g/mol. The van der Waals surface area contributed by atoms with Crippen LogP contribution in [-0.4, -0.2) is 9.97 Å². The van der Waals surface area contributed by atoms with Crippen LogP contribution in [0.15, 0.2) is 18.2 Å². The number of nitrogens with zero attached hydrogens (tertiary/aromatic N) is 2. The molecule has 6 heteroatoms. The Kier molecular flexibility index (Phi) is 3.95. The summed E-state index contributed by atoms with van der Waals surface area (Å²) in [5, 5.41) is 4.42. The van der Waals surface area contributed by atoms with E-state index in [0.29, 0.717) is 26.7 Å². The van der Waals surface area contributed by atoms with E-state index < -0.39 is 0 Å². The van der Waals surface area contributed by atoms with Crippen LogP contribution in [0.4, 0.5) is 11.5 Å². The van der Waals surface area contributed by atoms with Crippen LogP contribution in [0.2, 0.25) is 15.2 Å². The van der Waals surface area contributed by atoms with E-state index >= 15 is 0 Å². The van der Waals surface area contributed by atoms with Gasteiger partial charge < -0.3 is 5.32 Å². The van der Waals surface area contributed by atoms with Gasteiger partial charge in [-0.25, -0.2) is 9.97 Å². The van der Waals surface area contributed by atoms with E-state index in [0.717, 1.165) is 11.4 Å². The fourth-order valence-electron chi connectivity index (χ4n) is 1.37. The van der Waals surface area contributed by atoms with Crippen LogP contribution in [0.5, 0.6) is 0 Å². The topological polar surface area (TPSA) is 37.8 Å². The van der Waals surface area contributed by atoms with Crippen molar-refractivity contribution in [1.29, 1.82) is 0 Å². The molecule has 0 bridgehead atoms. The minimum absolute atomic E-state index is 0.309. The summed E-state index contributed by atoms with van der Waals surface area (Å²) in [5.41, 5.74) is 2.29. The number of halogens is 3. The molecule has 0 amide bonds. The monoisotopic (exact) mass is 301 g/mol. The second-order valence-corrected chi connectivity index (χ2v) is 4.98. The molecular formula is C12H10Cl3N3. The number of benzene rings is 1. The van der Waals surface area contributed by atoms with E-state index in [-0.39, 0.29) is 0 Å². The first-order valence-corrected chi connectivity index (χ1v) is 6.33. The molecule has 0 atom stereocenters. The molecule has 94 valence electrons. The van der Waals surface area contributed by atoms with Crippen molar-refractivity contribution in [1.82, 2.24) is 9.97 Å². The molecule has 0 aliphatic heterocycles. The molecule has 0 unspecified atom stereocenters. The second-order valence-electron chi connectivity index (χ2n) is 3.78. The minimum Gasteiger partial charge on any atom is -0.336 e. The second kappa shape index (κ2) is 5.31. The first-order chi connectivity index (χ1) is 8.47. The summed E-state index contributed by atoms with van der Waals surface area (Å²) >= 11 is 17.9. The minimum atomic E-state index is 0.309. The van der Waals surface area contributed by atoms with Gasteiger partial charge in [-0.1, -0.05) is 34.8 Å². The molecule has 0 aliphatic rings. The Hall–Kier alpha value is -1.03. The summed E-state index contributed by atoms with van der Waals surface area (Å²) in [5.74, 6) is 0.476. The average molecular weight is 303 g/mol. The highest BCUT2D eigenvalue weighted by atomic mass is 35.5. The predicted molar refractivity (Wildman–Crippen MR) is 76.3 cm³/mol. The van der Waals surface area contributed by atoms with Gasteiger partial charge in [0.15, 0.2) is 11.0 Å². The predicted octanol–water partition coefficient (Wildman–Crippen LogP) is 4.80. The number of anilines is 2. The van der Waals surface area contributed by atoms with Gasteiger partial charge in [0, 0.05) is 5.02 Å². The maximum atomic E-state index is 6.06. The van der Waals surface area contributed by atoms with Gasteiger partial charge >= 0.3 is 0 Å². The Morgan fingerprint density at radius 2 is 1.67 bits per heavy atom. The highest BCUT2D eigenvalue weighted by Crippen LogP contribution is 2.29. The van der Waals surface area contributed by atoms with E-state index in [1.807, 2.05) is 13.8 Å². The van der Waals surface area contributed by atoms with Crippen LogP contribution < -0.4 is 5.32 Å². The lowest BCUT2D eigenvalue weighted by atomic mass is 10.3. The summed E-state index contributed by atoms with van der Waals surface area (Å²) in [4.78, 5) is 8.52. The summed E-state index contributed by atoms with van der Waals surface area (Å²) in [6.07, 6.45) is 0. The van der Waals surface area contributed by atoms with Crippen LogP contribution in [-0.2, 0) is 0 Å². The summed E-state index contributed by atoms with van der Waals surface area (Å²) in [6.45, 7) is 3.72. The van der Waals surface area contributed by atoms with Crippen molar-refractivity contribution < 1.29 is 0 Å². The van der Waals surface area contributed by atoms with Crippen LogP contribution >= 0.6 is 34.8 Å². The van der Waals surface area contributed by atoms with Gasteiger partial charge in [0.1, 0.15) is 0 Å². The van der Waals surface area contributed by atoms with Crippen molar-refractivity contribution in [3.63, 3.8) is 0 Å². The van der Waals surface area contributed by atoms with Crippen molar-refractivity contribution in [2.24, 2.45) is 0 Å². The molecule has 1 aromatic carbocycles. The third-order valence-corrected chi connectivity index (χ3v) is 3.26. The number of hydrogen-bond donors (Lipinski definition) is 1. The number of aromatic nitrogens is 2. The standard InChI is InChI=1S/C12H10Cl3N3/c1-6-7(2)17-12(11(15)16-6)18-10-4-3-8(13)5-9(10)14/h3-5H,1-2H3,(H,17,18). The van der Waals surface area contributed by atoms with Crippen molar-refractivity contribution in [3.8, 4) is 0 Å². The fourth-order valence-corrected chi connectivity index (χ4v) is 2.05. The van der Waals surface area contributed by atoms with Crippen molar-refractivity contribution in [2.45, 2.75) is 13.8 Å². The van der Waals surface area contributed by atoms with Gasteiger partial charge in [-0.2, -0.15) is 0 Å². The SMILES string of the molecule is Cc1nc(Cl)c(Nc2ccc(Cl)cc2Cl)nc1C. The Labute approximate surface area is 120 Å². The lowest BCUT2D eigenvalue weighted by Crippen LogP contribution is -2.01. The quantitative estimate of drug-likeness (QED) is 0.866. The van der Waals surface area contributed by atoms with Gasteiger partial charge in [0.2, 0.25) is 0 Å². The highest BCUT2D eigenvalue weighted by Gasteiger charge is 2.09. The molecule has 0 radical (unpaired) electrons. The van der Waals surface area contributed by atoms with Crippen LogP contribution in [0.25, 0.3) is 0 Å². The van der Waals surface area contributed by atoms with E-state index in [9.17, 15) is 0 Å². The largest absolute Gasteiger partial charge is 0.336 e. The Bertz CT molecular complexity index is 599. The third kappa shape index (κ3) is 2.86. The Morgan fingerprint density at radius 3 is 2.33 bits per heavy atom. The van der Waals surface area contributed by atoms with E-state index in [1.165, 1.54) is 0 Å². The molecule has 18 heavy (non-hydrogen) atoms. The van der Waals surface area contributed by atoms with Gasteiger partial charge in [0.25, 0.3) is 0 Å². The van der Waals surface area contributed by atoms with E-state index in [1.54, 1.807) is 18.2 Å². The molecule has 1 heterocycles. The zero-order valence-corrected chi connectivity index (χ0v) is 12.0. The van der Waals surface area contributed by atoms with Gasteiger partial charge in [-0.05, 0) is 32.0 Å². The number of nitrogens with one attached hydrogen (secondary N) is 1. The molecule has 0 saturated carbocycles. The van der Waals surface area contributed by atoms with Crippen LogP contribution in [0.1, 0.15) is 11.4 Å². The third-order valence-electron chi connectivity index (χ3n) is 2.45. The molecule has 2 rings (SSSR count). The number of aryl methyl sites for hydroxylation is 2. The number of rotatable bonds is 2. The van der Waals surface area contributed by atoms with Crippen LogP contribution in [0, 0.1) is 13.8 Å². The molecule has 0 aliphatic carbocycles. The molecule has 0 fully saturated rings. The maximum absolute atomic E-state index is 6.06. The van der Waals surface area contributed by atoms with E-state index in [4.69, 9.17) is 34.8 Å². The molecule has 0 saturated heterocycles. The number of hydrogen-bond acceptors (Lipinski definition) is 3. The van der Waals surface area contributed by atoms with Crippen LogP contribution in [0.3, 0.4) is 0 Å². The average Bonchev–Trinajstić information content (AvgIpc) is 2.29. The van der Waals surface area contributed by atoms with E-state index in [2.05, 4.69) is 15.3 Å². The molecule has 3 nitrogen and oxygen atoms in total. The van der Waals surface area contributed by atoms with Gasteiger partial charge in [-0.3, -0.25) is 0 Å². The lowest BCUT2D eigenvalue weighted by molar-refractivity contribution is 1.05. The maximum Gasteiger partial charge on any atom is 0.172 e. The van der Waals surface area contributed by atoms with Crippen molar-refractivity contribution in [2.75, 3.05) is 5.32 Å². The van der Waals surface area contributed by atoms with Gasteiger partial charge in [0.05, 0.1) is 22.1 Å². The summed E-state index contributed by atoms with van der Waals surface area (Å²) in [7, 11) is 0. The Morgan fingerprint density at radius 1 is 1.00 bits per heavy atom. The normalized spacial score (nSPS) is 10.5. The van der Waals surface area contributed by atoms with Crippen molar-refractivity contribution >= 4 is 46.3 Å². The Balaban J connectivity index is 2.37. The highest BCUT2D eigenvalue weighted by molar-refractivity contribution is 6.36. The molecule has 1 N–H and O–H groups in total. The first kappa shape index (κ1) is 13.4. The summed E-state index contributed by atoms with van der Waals surface area (Å²) < 4.78 is 0. The smallest absolute Gasteiger partial charge is 0.172 e. The zero-order chi connectivity index (χ0) is 13.3. The van der Waals surface area contributed by atoms with Crippen molar-refractivity contribution in [3.05, 3.63) is 44.8 Å².